The first kappa shape index (κ1) is 70.9. The zero-order valence-electron chi connectivity index (χ0n) is 49.4. The molecule has 0 spiro atoms. The maximum Gasteiger partial charge on any atom is 0.306 e. The van der Waals surface area contributed by atoms with E-state index in [4.69, 9.17) is 14.2 Å². The zero-order chi connectivity index (χ0) is 52.9. The zero-order valence-corrected chi connectivity index (χ0v) is 49.4. The second-order valence-electron chi connectivity index (χ2n) is 22.4. The molecule has 0 bridgehead atoms. The van der Waals surface area contributed by atoms with Crippen molar-refractivity contribution in [2.24, 2.45) is 0 Å². The summed E-state index contributed by atoms with van der Waals surface area (Å²) in [5.74, 6) is -0.859. The Morgan fingerprint density at radius 2 is 0.452 bits per heavy atom. The van der Waals surface area contributed by atoms with Gasteiger partial charge in [-0.3, -0.25) is 14.4 Å². The summed E-state index contributed by atoms with van der Waals surface area (Å²) in [6.07, 6.45) is 75.3. The Labute approximate surface area is 455 Å². The molecule has 0 N–H and O–H groups in total. The predicted molar refractivity (Wildman–Crippen MR) is 316 cm³/mol. The molecule has 0 aromatic carbocycles. The van der Waals surface area contributed by atoms with Gasteiger partial charge in [0.2, 0.25) is 0 Å². The molecule has 73 heavy (non-hydrogen) atoms. The van der Waals surface area contributed by atoms with Crippen LogP contribution in [0, 0.1) is 0 Å². The molecule has 1 unspecified atom stereocenters. The summed E-state index contributed by atoms with van der Waals surface area (Å²) in [4.78, 5) is 37.9. The van der Waals surface area contributed by atoms with Crippen LogP contribution in [0.25, 0.3) is 0 Å². The maximum absolute atomic E-state index is 12.8. The van der Waals surface area contributed by atoms with Gasteiger partial charge in [-0.2, -0.15) is 0 Å². The second-order valence-corrected chi connectivity index (χ2v) is 22.4. The van der Waals surface area contributed by atoms with Gasteiger partial charge in [-0.1, -0.05) is 302 Å². The topological polar surface area (TPSA) is 78.9 Å². The highest BCUT2D eigenvalue weighted by Gasteiger charge is 2.19. The molecule has 6 heteroatoms. The van der Waals surface area contributed by atoms with Crippen LogP contribution in [0.3, 0.4) is 0 Å². The first-order valence-electron chi connectivity index (χ1n) is 32.8. The molecule has 0 fully saturated rings. The molecule has 0 saturated carbocycles. The molecule has 430 valence electrons. The van der Waals surface area contributed by atoms with Crippen LogP contribution in [0.2, 0.25) is 0 Å². The van der Waals surface area contributed by atoms with Crippen molar-refractivity contribution in [1.82, 2.24) is 0 Å². The third-order valence-electron chi connectivity index (χ3n) is 14.9. The molecule has 0 rings (SSSR count). The Morgan fingerprint density at radius 1 is 0.260 bits per heavy atom. The number of ether oxygens (including phenoxy) is 3. The van der Waals surface area contributed by atoms with E-state index in [1.165, 1.54) is 263 Å². The summed E-state index contributed by atoms with van der Waals surface area (Å²) in [5, 5.41) is 0. The molecule has 0 aliphatic carbocycles. The smallest absolute Gasteiger partial charge is 0.306 e. The Balaban J connectivity index is 3.98. The van der Waals surface area contributed by atoms with Crippen LogP contribution < -0.4 is 0 Å². The maximum atomic E-state index is 12.8. The van der Waals surface area contributed by atoms with Crippen LogP contribution >= 0.6 is 0 Å². The number of carbonyl (C=O) groups is 3. The number of hydrogen-bond acceptors (Lipinski definition) is 6. The van der Waals surface area contributed by atoms with Gasteiger partial charge < -0.3 is 14.2 Å². The molecule has 6 nitrogen and oxygen atoms in total. The Bertz CT molecular complexity index is 1180. The molecule has 0 heterocycles. The van der Waals surface area contributed by atoms with Gasteiger partial charge in [0.25, 0.3) is 0 Å². The molecule has 0 aliphatic heterocycles. The van der Waals surface area contributed by atoms with Gasteiger partial charge >= 0.3 is 17.9 Å². The van der Waals surface area contributed by atoms with Crippen molar-refractivity contribution in [3.63, 3.8) is 0 Å². The quantitative estimate of drug-likeness (QED) is 0.0261. The summed E-state index contributed by atoms with van der Waals surface area (Å²) in [6.45, 7) is 6.62. The third kappa shape index (κ3) is 60.6. The minimum atomic E-state index is -0.765. The lowest BCUT2D eigenvalue weighted by Crippen LogP contribution is -2.30. The van der Waals surface area contributed by atoms with Crippen LogP contribution in [0.15, 0.2) is 24.3 Å². The van der Waals surface area contributed by atoms with E-state index in [-0.39, 0.29) is 31.1 Å². The van der Waals surface area contributed by atoms with Crippen LogP contribution in [0.1, 0.15) is 367 Å². The highest BCUT2D eigenvalue weighted by molar-refractivity contribution is 5.71. The molecule has 0 aliphatic rings. The first-order valence-corrected chi connectivity index (χ1v) is 32.8. The predicted octanol–water partition coefficient (Wildman–Crippen LogP) is 22.2. The highest BCUT2D eigenvalue weighted by atomic mass is 16.6. The van der Waals surface area contributed by atoms with Gasteiger partial charge in [0.05, 0.1) is 0 Å². The molecule has 0 saturated heterocycles. The van der Waals surface area contributed by atoms with Gasteiger partial charge in [-0.05, 0) is 70.6 Å². The van der Waals surface area contributed by atoms with E-state index < -0.39 is 6.10 Å². The lowest BCUT2D eigenvalue weighted by atomic mass is 10.0. The number of unbranched alkanes of at least 4 members (excludes halogenated alkanes) is 46. The average Bonchev–Trinajstić information content (AvgIpc) is 3.39. The largest absolute Gasteiger partial charge is 0.462 e. The molecular weight excluding hydrogens is 901 g/mol. The van der Waals surface area contributed by atoms with Gasteiger partial charge in [0.15, 0.2) is 6.10 Å². The fraction of sp³-hybridized carbons (Fsp3) is 0.896. The average molecular weight is 1030 g/mol. The van der Waals surface area contributed by atoms with Crippen molar-refractivity contribution in [2.75, 3.05) is 13.2 Å². The van der Waals surface area contributed by atoms with Crippen molar-refractivity contribution in [1.29, 1.82) is 0 Å². The lowest BCUT2D eigenvalue weighted by molar-refractivity contribution is -0.167. The Morgan fingerprint density at radius 3 is 0.685 bits per heavy atom. The lowest BCUT2D eigenvalue weighted by Gasteiger charge is -2.18. The van der Waals surface area contributed by atoms with E-state index in [1.54, 1.807) is 0 Å². The summed E-state index contributed by atoms with van der Waals surface area (Å²) in [6, 6.07) is 0. The molecule has 0 radical (unpaired) electrons. The Kier molecular flexibility index (Phi) is 60.6. The fourth-order valence-electron chi connectivity index (χ4n) is 9.97. The van der Waals surface area contributed by atoms with Gasteiger partial charge in [0, 0.05) is 19.3 Å². The number of rotatable bonds is 61. The van der Waals surface area contributed by atoms with Crippen molar-refractivity contribution in [3.8, 4) is 0 Å². The number of carbonyl (C=O) groups excluding carboxylic acids is 3. The molecule has 1 atom stereocenters. The SMILES string of the molecule is CCCCCCCCCC/C=C\CCCCCCCCCCCCCCCC(=O)OCC(COC(=O)CCCCCCC)OC(=O)CCCCCCCCCCCCCCC/C=C\CCCCCCCCCC. The van der Waals surface area contributed by atoms with Gasteiger partial charge in [-0.25, -0.2) is 0 Å². The first-order chi connectivity index (χ1) is 36.0. The molecule has 0 aromatic rings. The standard InChI is InChI=1S/C67H126O6/c1-4-7-10-13-15-17-19-21-23-25-27-29-31-33-35-37-39-41-43-45-47-49-51-54-57-60-66(69)72-63-64(62-71-65(68)59-56-53-12-9-6-3)73-67(70)61-58-55-52-50-48-46-44-42-40-38-36-34-32-30-28-26-24-22-20-18-16-14-11-8-5-2/h25-28,64H,4-24,29-63H2,1-3H3/b27-25-,28-26-. The third-order valence-corrected chi connectivity index (χ3v) is 14.9. The van der Waals surface area contributed by atoms with Crippen LogP contribution in [0.5, 0.6) is 0 Å². The van der Waals surface area contributed by atoms with Crippen molar-refractivity contribution in [2.45, 2.75) is 374 Å². The Hall–Kier alpha value is -2.11. The van der Waals surface area contributed by atoms with E-state index in [0.29, 0.717) is 19.3 Å². The fourth-order valence-corrected chi connectivity index (χ4v) is 9.97. The van der Waals surface area contributed by atoms with Crippen LogP contribution in [-0.4, -0.2) is 37.2 Å². The summed E-state index contributed by atoms with van der Waals surface area (Å²) in [7, 11) is 0. The normalized spacial score (nSPS) is 12.1. The van der Waals surface area contributed by atoms with E-state index in [1.807, 2.05) is 0 Å². The number of hydrogen-bond donors (Lipinski definition) is 0. The highest BCUT2D eigenvalue weighted by Crippen LogP contribution is 2.18. The monoisotopic (exact) mass is 1030 g/mol. The number of esters is 3. The van der Waals surface area contributed by atoms with Gasteiger partial charge in [0.1, 0.15) is 13.2 Å². The molecule has 0 aromatic heterocycles. The minimum absolute atomic E-state index is 0.0673. The van der Waals surface area contributed by atoms with E-state index in [9.17, 15) is 14.4 Å². The summed E-state index contributed by atoms with van der Waals surface area (Å²) in [5.41, 5.74) is 0. The van der Waals surface area contributed by atoms with E-state index in [0.717, 1.165) is 64.2 Å². The van der Waals surface area contributed by atoms with Gasteiger partial charge in [-0.15, -0.1) is 0 Å². The minimum Gasteiger partial charge on any atom is -0.462 e. The van der Waals surface area contributed by atoms with Crippen molar-refractivity contribution in [3.05, 3.63) is 24.3 Å². The summed E-state index contributed by atoms with van der Waals surface area (Å²) < 4.78 is 16.8. The van der Waals surface area contributed by atoms with Crippen LogP contribution in [-0.2, 0) is 28.6 Å². The summed E-state index contributed by atoms with van der Waals surface area (Å²) >= 11 is 0. The van der Waals surface area contributed by atoms with Crippen molar-refractivity contribution >= 4 is 17.9 Å². The number of allylic oxidation sites excluding steroid dienone is 4. The van der Waals surface area contributed by atoms with Crippen LogP contribution in [0.4, 0.5) is 0 Å². The molecular formula is C67H126O6. The molecule has 0 amide bonds. The van der Waals surface area contributed by atoms with E-state index >= 15 is 0 Å². The van der Waals surface area contributed by atoms with E-state index in [2.05, 4.69) is 45.1 Å². The van der Waals surface area contributed by atoms with Crippen molar-refractivity contribution < 1.29 is 28.6 Å². The second kappa shape index (κ2) is 62.4.